The van der Waals surface area contributed by atoms with Crippen LogP contribution in [0.15, 0.2) is 4.52 Å². The number of ether oxygens (including phenoxy) is 1. The molecular weight excluding hydrogens is 230 g/mol. The zero-order chi connectivity index (χ0) is 13.8. The van der Waals surface area contributed by atoms with E-state index in [1.165, 1.54) is 0 Å². The van der Waals surface area contributed by atoms with Crippen LogP contribution in [0.4, 0.5) is 0 Å². The third-order valence-electron chi connectivity index (χ3n) is 3.86. The number of rotatable bonds is 7. The van der Waals surface area contributed by atoms with E-state index in [1.54, 1.807) is 7.11 Å². The van der Waals surface area contributed by atoms with E-state index in [-0.39, 0.29) is 5.92 Å². The number of nitrogens with one attached hydrogen (secondary N) is 1. The second-order valence-electron chi connectivity index (χ2n) is 4.84. The highest BCUT2D eigenvalue weighted by Gasteiger charge is 2.32. The van der Waals surface area contributed by atoms with Crippen LogP contribution in [0.2, 0.25) is 0 Å². The Kier molecular flexibility index (Phi) is 5.28. The molecule has 1 aromatic rings. The number of methoxy groups -OCH3 is 1. The van der Waals surface area contributed by atoms with E-state index in [0.29, 0.717) is 17.8 Å². The Hall–Kier alpha value is -0.940. The Bertz CT molecular complexity index is 361. The first-order valence-corrected chi connectivity index (χ1v) is 6.58. The molecule has 5 heteroatoms. The SMILES string of the molecule is CCC(c1nc(C(C)(CC)OC)no1)C(C)NC. The van der Waals surface area contributed by atoms with Gasteiger partial charge in [0.25, 0.3) is 0 Å². The standard InChI is InChI=1S/C13H25N3O2/c1-7-10(9(3)14-5)11-15-12(16-18-11)13(4,8-2)17-6/h9-10,14H,7-8H2,1-6H3. The highest BCUT2D eigenvalue weighted by molar-refractivity contribution is 5.03. The largest absolute Gasteiger partial charge is 0.370 e. The molecule has 0 aliphatic rings. The minimum absolute atomic E-state index is 0.231. The predicted molar refractivity (Wildman–Crippen MR) is 70.5 cm³/mol. The average Bonchev–Trinajstić information content (AvgIpc) is 2.88. The highest BCUT2D eigenvalue weighted by atomic mass is 16.5. The monoisotopic (exact) mass is 255 g/mol. The minimum atomic E-state index is -0.469. The first-order valence-electron chi connectivity index (χ1n) is 6.58. The Morgan fingerprint density at radius 3 is 2.56 bits per heavy atom. The highest BCUT2D eigenvalue weighted by Crippen LogP contribution is 2.28. The van der Waals surface area contributed by atoms with Gasteiger partial charge in [-0.05, 0) is 33.7 Å². The van der Waals surface area contributed by atoms with Crippen molar-refractivity contribution in [1.29, 1.82) is 0 Å². The number of likely N-dealkylation sites (N-methyl/N-ethyl adjacent to an activating group) is 1. The average molecular weight is 255 g/mol. The van der Waals surface area contributed by atoms with Crippen LogP contribution in [0.5, 0.6) is 0 Å². The van der Waals surface area contributed by atoms with Crippen LogP contribution in [-0.2, 0) is 10.3 Å². The van der Waals surface area contributed by atoms with E-state index in [4.69, 9.17) is 9.26 Å². The molecular formula is C13H25N3O2. The van der Waals surface area contributed by atoms with Gasteiger partial charge in [-0.25, -0.2) is 0 Å². The maximum atomic E-state index is 5.49. The molecule has 3 unspecified atom stereocenters. The smallest absolute Gasteiger partial charge is 0.231 e. The van der Waals surface area contributed by atoms with Gasteiger partial charge in [0.1, 0.15) is 5.60 Å². The van der Waals surface area contributed by atoms with Crippen molar-refractivity contribution >= 4 is 0 Å². The molecule has 0 saturated carbocycles. The van der Waals surface area contributed by atoms with Crippen molar-refractivity contribution in [1.82, 2.24) is 15.5 Å². The van der Waals surface area contributed by atoms with Crippen LogP contribution in [0.1, 0.15) is 58.2 Å². The van der Waals surface area contributed by atoms with E-state index in [1.807, 2.05) is 20.9 Å². The first-order chi connectivity index (χ1) is 8.52. The van der Waals surface area contributed by atoms with E-state index >= 15 is 0 Å². The van der Waals surface area contributed by atoms with Gasteiger partial charge in [-0.2, -0.15) is 4.98 Å². The van der Waals surface area contributed by atoms with Gasteiger partial charge in [-0.15, -0.1) is 0 Å². The van der Waals surface area contributed by atoms with Gasteiger partial charge in [0, 0.05) is 13.2 Å². The topological polar surface area (TPSA) is 60.2 Å². The maximum Gasteiger partial charge on any atom is 0.231 e. The van der Waals surface area contributed by atoms with Gasteiger partial charge >= 0.3 is 0 Å². The molecule has 0 fully saturated rings. The second kappa shape index (κ2) is 6.29. The molecule has 1 heterocycles. The summed E-state index contributed by atoms with van der Waals surface area (Å²) in [6.07, 6.45) is 1.76. The maximum absolute atomic E-state index is 5.49. The summed E-state index contributed by atoms with van der Waals surface area (Å²) in [7, 11) is 3.61. The lowest BCUT2D eigenvalue weighted by molar-refractivity contribution is -0.0106. The number of hydrogen-bond donors (Lipinski definition) is 1. The fraction of sp³-hybridized carbons (Fsp3) is 0.846. The Morgan fingerprint density at radius 2 is 2.11 bits per heavy atom. The molecule has 1 rings (SSSR count). The Labute approximate surface area is 109 Å². The van der Waals surface area contributed by atoms with Crippen LogP contribution in [0.25, 0.3) is 0 Å². The normalized spacial score (nSPS) is 18.3. The summed E-state index contributed by atoms with van der Waals surface area (Å²) in [5.41, 5.74) is -0.469. The first kappa shape index (κ1) is 15.1. The number of nitrogens with zero attached hydrogens (tertiary/aromatic N) is 2. The van der Waals surface area contributed by atoms with Crippen LogP contribution < -0.4 is 5.32 Å². The molecule has 0 radical (unpaired) electrons. The lowest BCUT2D eigenvalue weighted by atomic mass is 9.98. The molecule has 0 bridgehead atoms. The molecule has 1 N–H and O–H groups in total. The summed E-state index contributed by atoms with van der Waals surface area (Å²) >= 11 is 0. The molecule has 0 aliphatic heterocycles. The van der Waals surface area contributed by atoms with Crippen molar-refractivity contribution in [2.75, 3.05) is 14.2 Å². The van der Waals surface area contributed by atoms with Crippen molar-refractivity contribution < 1.29 is 9.26 Å². The van der Waals surface area contributed by atoms with E-state index in [0.717, 1.165) is 12.8 Å². The lowest BCUT2D eigenvalue weighted by Crippen LogP contribution is -2.29. The minimum Gasteiger partial charge on any atom is -0.370 e. The molecule has 18 heavy (non-hydrogen) atoms. The lowest BCUT2D eigenvalue weighted by Gasteiger charge is -2.22. The summed E-state index contributed by atoms with van der Waals surface area (Å²) in [6, 6.07) is 0.304. The van der Waals surface area contributed by atoms with Gasteiger partial charge in [-0.3, -0.25) is 0 Å². The number of aromatic nitrogens is 2. The molecule has 0 aliphatic carbocycles. The summed E-state index contributed by atoms with van der Waals surface area (Å²) in [5, 5.41) is 7.31. The van der Waals surface area contributed by atoms with Crippen molar-refractivity contribution in [3.05, 3.63) is 11.7 Å². The summed E-state index contributed by atoms with van der Waals surface area (Å²) in [6.45, 7) is 8.27. The second-order valence-corrected chi connectivity index (χ2v) is 4.84. The van der Waals surface area contributed by atoms with E-state index in [2.05, 4.69) is 29.3 Å². The molecule has 3 atom stereocenters. The molecule has 0 amide bonds. The van der Waals surface area contributed by atoms with Gasteiger partial charge in [-0.1, -0.05) is 19.0 Å². The van der Waals surface area contributed by atoms with Gasteiger partial charge in [0.05, 0.1) is 5.92 Å². The van der Waals surface area contributed by atoms with Crippen molar-refractivity contribution in [2.45, 2.75) is 58.1 Å². The molecule has 0 spiro atoms. The fourth-order valence-electron chi connectivity index (χ4n) is 1.94. The molecule has 0 aromatic carbocycles. The van der Waals surface area contributed by atoms with Crippen LogP contribution in [-0.4, -0.2) is 30.3 Å². The zero-order valence-electron chi connectivity index (χ0n) is 12.3. The van der Waals surface area contributed by atoms with Gasteiger partial charge < -0.3 is 14.6 Å². The molecule has 1 aromatic heterocycles. The molecule has 0 saturated heterocycles. The van der Waals surface area contributed by atoms with Gasteiger partial charge in [0.2, 0.25) is 11.7 Å². The van der Waals surface area contributed by atoms with Crippen molar-refractivity contribution in [3.8, 4) is 0 Å². The Morgan fingerprint density at radius 1 is 1.44 bits per heavy atom. The third kappa shape index (κ3) is 2.90. The summed E-state index contributed by atoms with van der Waals surface area (Å²) in [5.74, 6) is 1.55. The molecule has 104 valence electrons. The fourth-order valence-corrected chi connectivity index (χ4v) is 1.94. The third-order valence-corrected chi connectivity index (χ3v) is 3.86. The Balaban J connectivity index is 2.97. The van der Waals surface area contributed by atoms with E-state index < -0.39 is 5.60 Å². The van der Waals surface area contributed by atoms with Crippen molar-refractivity contribution in [3.63, 3.8) is 0 Å². The predicted octanol–water partition coefficient (Wildman–Crippen LogP) is 2.44. The van der Waals surface area contributed by atoms with Crippen LogP contribution in [0.3, 0.4) is 0 Å². The van der Waals surface area contributed by atoms with Crippen LogP contribution in [0, 0.1) is 0 Å². The summed E-state index contributed by atoms with van der Waals surface area (Å²) in [4.78, 5) is 4.52. The van der Waals surface area contributed by atoms with Crippen molar-refractivity contribution in [2.24, 2.45) is 0 Å². The van der Waals surface area contributed by atoms with E-state index in [9.17, 15) is 0 Å². The molecule has 5 nitrogen and oxygen atoms in total. The quantitative estimate of drug-likeness (QED) is 0.811. The van der Waals surface area contributed by atoms with Gasteiger partial charge in [0.15, 0.2) is 0 Å². The number of hydrogen-bond acceptors (Lipinski definition) is 5. The van der Waals surface area contributed by atoms with Crippen LogP contribution >= 0.6 is 0 Å². The summed E-state index contributed by atoms with van der Waals surface area (Å²) < 4.78 is 10.9. The zero-order valence-corrected chi connectivity index (χ0v) is 12.3.